The topological polar surface area (TPSA) is 53.4 Å². The molecule has 0 saturated carbocycles. The Labute approximate surface area is 190 Å². The van der Waals surface area contributed by atoms with E-state index < -0.39 is 11.6 Å². The third-order valence-corrected chi connectivity index (χ3v) is 5.88. The zero-order valence-electron chi connectivity index (χ0n) is 17.7. The molecule has 2 aromatic carbocycles. The van der Waals surface area contributed by atoms with Crippen LogP contribution in [0.15, 0.2) is 48.7 Å². The van der Waals surface area contributed by atoms with Crippen LogP contribution in [-0.2, 0) is 0 Å². The summed E-state index contributed by atoms with van der Waals surface area (Å²) in [6, 6.07) is 10.2. The molecule has 9 heteroatoms. The van der Waals surface area contributed by atoms with Crippen LogP contribution in [0.5, 0.6) is 0 Å². The molecule has 4 rings (SSSR count). The van der Waals surface area contributed by atoms with Gasteiger partial charge in [0.15, 0.2) is 5.82 Å². The second kappa shape index (κ2) is 9.77. The molecule has 0 bridgehead atoms. The third-order valence-electron chi connectivity index (χ3n) is 5.55. The molecule has 0 radical (unpaired) electrons. The van der Waals surface area contributed by atoms with Gasteiger partial charge < -0.3 is 10.2 Å². The number of rotatable bonds is 6. The highest BCUT2D eigenvalue weighted by Gasteiger charge is 2.22. The molecule has 0 aliphatic carbocycles. The molecule has 168 valence electrons. The Balaban J connectivity index is 1.58. The molecule has 1 fully saturated rings. The minimum Gasteiger partial charge on any atom is -0.351 e. The number of likely N-dealkylation sites (N-methyl/N-ethyl adjacent to an activating group) is 1. The van der Waals surface area contributed by atoms with Crippen LogP contribution in [0, 0.1) is 11.6 Å². The van der Waals surface area contributed by atoms with Crippen LogP contribution in [0.2, 0.25) is 5.02 Å². The van der Waals surface area contributed by atoms with Crippen LogP contribution in [0.25, 0.3) is 16.9 Å². The quantitative estimate of drug-likeness (QED) is 0.613. The highest BCUT2D eigenvalue weighted by atomic mass is 35.5. The van der Waals surface area contributed by atoms with Crippen LogP contribution in [0.1, 0.15) is 10.4 Å². The molecule has 3 aromatic rings. The number of nitrogens with one attached hydrogen (secondary N) is 1. The Morgan fingerprint density at radius 1 is 1.12 bits per heavy atom. The van der Waals surface area contributed by atoms with Crippen molar-refractivity contribution < 1.29 is 13.6 Å². The van der Waals surface area contributed by atoms with E-state index in [1.807, 2.05) is 0 Å². The molecule has 1 saturated heterocycles. The summed E-state index contributed by atoms with van der Waals surface area (Å²) >= 11 is 6.35. The van der Waals surface area contributed by atoms with Gasteiger partial charge in [0, 0.05) is 57.1 Å². The van der Waals surface area contributed by atoms with Crippen molar-refractivity contribution in [2.75, 3.05) is 46.3 Å². The number of hydrogen-bond acceptors (Lipinski definition) is 4. The predicted octanol–water partition coefficient (Wildman–Crippen LogP) is 3.45. The minimum absolute atomic E-state index is 0.0381. The Kier molecular flexibility index (Phi) is 6.83. The largest absolute Gasteiger partial charge is 0.351 e. The maximum atomic E-state index is 14.4. The molecule has 32 heavy (non-hydrogen) atoms. The summed E-state index contributed by atoms with van der Waals surface area (Å²) in [5.74, 6) is -1.80. The zero-order valence-corrected chi connectivity index (χ0v) is 18.4. The van der Waals surface area contributed by atoms with Gasteiger partial charge in [-0.05, 0) is 25.2 Å². The fraction of sp³-hybridized carbons (Fsp3) is 0.304. The number of carbonyl (C=O) groups is 1. The maximum Gasteiger partial charge on any atom is 0.255 e. The van der Waals surface area contributed by atoms with Gasteiger partial charge >= 0.3 is 0 Å². The van der Waals surface area contributed by atoms with Gasteiger partial charge in [-0.25, -0.2) is 13.5 Å². The van der Waals surface area contributed by atoms with Crippen molar-refractivity contribution in [1.29, 1.82) is 0 Å². The number of carbonyl (C=O) groups excluding carboxylic acids is 1. The van der Waals surface area contributed by atoms with Crippen molar-refractivity contribution in [3.8, 4) is 16.9 Å². The fourth-order valence-corrected chi connectivity index (χ4v) is 3.90. The monoisotopic (exact) mass is 459 g/mol. The van der Waals surface area contributed by atoms with Gasteiger partial charge in [0.05, 0.1) is 10.6 Å². The van der Waals surface area contributed by atoms with Crippen LogP contribution in [-0.4, -0.2) is 71.8 Å². The molecule has 1 aliphatic rings. The average molecular weight is 460 g/mol. The normalized spacial score (nSPS) is 15.1. The van der Waals surface area contributed by atoms with E-state index in [-0.39, 0.29) is 17.2 Å². The average Bonchev–Trinajstić information content (AvgIpc) is 3.20. The Morgan fingerprint density at radius 3 is 2.59 bits per heavy atom. The van der Waals surface area contributed by atoms with Crippen molar-refractivity contribution in [2.45, 2.75) is 0 Å². The Bertz CT molecular complexity index is 1110. The number of halogens is 3. The van der Waals surface area contributed by atoms with Gasteiger partial charge in [-0.15, -0.1) is 0 Å². The summed E-state index contributed by atoms with van der Waals surface area (Å²) < 4.78 is 28.9. The van der Waals surface area contributed by atoms with Gasteiger partial charge in [0.25, 0.3) is 5.91 Å². The van der Waals surface area contributed by atoms with E-state index in [1.165, 1.54) is 16.9 Å². The number of piperazine rings is 1. The van der Waals surface area contributed by atoms with E-state index in [0.717, 1.165) is 44.9 Å². The Morgan fingerprint density at radius 2 is 1.88 bits per heavy atom. The van der Waals surface area contributed by atoms with Gasteiger partial charge in [0.2, 0.25) is 0 Å². The van der Waals surface area contributed by atoms with Crippen molar-refractivity contribution in [3.63, 3.8) is 0 Å². The molecule has 0 spiro atoms. The first-order chi connectivity index (χ1) is 15.4. The highest BCUT2D eigenvalue weighted by Crippen LogP contribution is 2.30. The van der Waals surface area contributed by atoms with Crippen LogP contribution in [0.3, 0.4) is 0 Å². The van der Waals surface area contributed by atoms with Crippen molar-refractivity contribution in [1.82, 2.24) is 24.9 Å². The summed E-state index contributed by atoms with van der Waals surface area (Å²) in [5, 5.41) is 7.77. The molecule has 6 nitrogen and oxygen atoms in total. The molecule has 1 amide bonds. The maximum absolute atomic E-state index is 14.4. The molecule has 1 aromatic heterocycles. The van der Waals surface area contributed by atoms with E-state index >= 15 is 0 Å². The number of nitrogens with zero attached hydrogens (tertiary/aromatic N) is 4. The summed E-state index contributed by atoms with van der Waals surface area (Å²) in [5.41, 5.74) is 1.19. The van der Waals surface area contributed by atoms with Gasteiger partial charge in [0.1, 0.15) is 17.2 Å². The molecular weight excluding hydrogens is 436 g/mol. The molecular formula is C23H24ClF2N5O. The highest BCUT2D eigenvalue weighted by molar-refractivity contribution is 6.33. The molecule has 2 heterocycles. The first-order valence-electron chi connectivity index (χ1n) is 10.4. The summed E-state index contributed by atoms with van der Waals surface area (Å²) in [7, 11) is 2.09. The van der Waals surface area contributed by atoms with Gasteiger partial charge in [-0.1, -0.05) is 29.8 Å². The Hall–Kier alpha value is -2.81. The second-order valence-electron chi connectivity index (χ2n) is 7.81. The fourth-order valence-electron chi connectivity index (χ4n) is 3.68. The lowest BCUT2D eigenvalue weighted by molar-refractivity contribution is 0.0941. The van der Waals surface area contributed by atoms with Crippen molar-refractivity contribution in [3.05, 3.63) is 70.9 Å². The zero-order chi connectivity index (χ0) is 22.7. The lowest BCUT2D eigenvalue weighted by Crippen LogP contribution is -2.46. The third kappa shape index (κ3) is 4.98. The first-order valence-corrected chi connectivity index (χ1v) is 10.8. The number of aromatic nitrogens is 2. The van der Waals surface area contributed by atoms with E-state index in [0.29, 0.717) is 22.8 Å². The van der Waals surface area contributed by atoms with E-state index in [1.54, 1.807) is 24.3 Å². The molecule has 0 unspecified atom stereocenters. The number of amides is 1. The minimum atomic E-state index is -0.778. The predicted molar refractivity (Wildman–Crippen MR) is 120 cm³/mol. The molecule has 0 atom stereocenters. The van der Waals surface area contributed by atoms with E-state index in [2.05, 4.69) is 27.3 Å². The van der Waals surface area contributed by atoms with E-state index in [4.69, 9.17) is 11.6 Å². The summed E-state index contributed by atoms with van der Waals surface area (Å²) in [6.07, 6.45) is 1.44. The van der Waals surface area contributed by atoms with Crippen LogP contribution in [0.4, 0.5) is 8.78 Å². The SMILES string of the molecule is CN1CCN(CCNC(=O)c2cn(-c3ccc(F)cc3F)nc2-c2ccccc2Cl)CC1. The molecule has 1 N–H and O–H groups in total. The summed E-state index contributed by atoms with van der Waals surface area (Å²) in [6.45, 7) is 5.13. The first kappa shape index (κ1) is 22.4. The number of hydrogen-bond donors (Lipinski definition) is 1. The van der Waals surface area contributed by atoms with Gasteiger partial charge in [-0.2, -0.15) is 5.10 Å². The molecule has 1 aliphatic heterocycles. The van der Waals surface area contributed by atoms with E-state index in [9.17, 15) is 13.6 Å². The number of benzene rings is 2. The lowest BCUT2D eigenvalue weighted by Gasteiger charge is -2.32. The smallest absolute Gasteiger partial charge is 0.255 e. The van der Waals surface area contributed by atoms with Crippen LogP contribution >= 0.6 is 11.6 Å². The lowest BCUT2D eigenvalue weighted by atomic mass is 10.1. The van der Waals surface area contributed by atoms with Crippen molar-refractivity contribution in [2.24, 2.45) is 0 Å². The second-order valence-corrected chi connectivity index (χ2v) is 8.22. The van der Waals surface area contributed by atoms with Gasteiger partial charge in [-0.3, -0.25) is 9.69 Å². The standard InChI is InChI=1S/C23H24ClF2N5O/c1-29-10-12-30(13-11-29)9-8-27-23(32)18-15-31(21-7-6-16(25)14-20(21)26)28-22(18)17-4-2-3-5-19(17)24/h2-7,14-15H,8-13H2,1H3,(H,27,32). The van der Waals surface area contributed by atoms with Crippen LogP contribution < -0.4 is 5.32 Å². The van der Waals surface area contributed by atoms with Crippen molar-refractivity contribution >= 4 is 17.5 Å². The summed E-state index contributed by atoms with van der Waals surface area (Å²) in [4.78, 5) is 17.6.